The molecular formula is C30H47NO4. The standard InChI is InChI=1S/C30H47NO4/c1-18(2)31-23(17-30(6,35)28(31)34)14-19(3)25-11-12-26-21(8-7-13-29(25,26)5)9-10-22-15-24(32)16-27(33)20(22)4/h9-10,18-19,23-27,32-33,35H,4,7-8,11-17H2,1-3,5-6H3/b21-9-,22-10-/t19-,23+,24-,25-,26+,27+,29-,30+/m1/s1. The summed E-state index contributed by atoms with van der Waals surface area (Å²) < 4.78 is 0. The summed E-state index contributed by atoms with van der Waals surface area (Å²) in [5, 5.41) is 31.0. The van der Waals surface area contributed by atoms with Crippen LogP contribution in [0.2, 0.25) is 0 Å². The van der Waals surface area contributed by atoms with Crippen LogP contribution in [0.1, 0.15) is 92.4 Å². The van der Waals surface area contributed by atoms with Gasteiger partial charge in [0.15, 0.2) is 0 Å². The number of carbonyl (C=O) groups is 1. The maximum atomic E-state index is 12.8. The van der Waals surface area contributed by atoms with E-state index >= 15 is 0 Å². The van der Waals surface area contributed by atoms with Crippen molar-refractivity contribution in [3.05, 3.63) is 35.5 Å². The van der Waals surface area contributed by atoms with Gasteiger partial charge in [-0.05, 0) is 100 Å². The van der Waals surface area contributed by atoms with E-state index in [2.05, 4.69) is 46.4 Å². The van der Waals surface area contributed by atoms with E-state index in [0.717, 1.165) is 24.0 Å². The molecule has 196 valence electrons. The van der Waals surface area contributed by atoms with Gasteiger partial charge in [-0.1, -0.05) is 38.2 Å². The van der Waals surface area contributed by atoms with Gasteiger partial charge in [-0.2, -0.15) is 0 Å². The van der Waals surface area contributed by atoms with Crippen LogP contribution in [0.25, 0.3) is 0 Å². The zero-order chi connectivity index (χ0) is 25.7. The van der Waals surface area contributed by atoms with Crippen molar-refractivity contribution in [3.8, 4) is 0 Å². The molecule has 4 aliphatic rings. The normalized spacial score (nSPS) is 43.5. The van der Waals surface area contributed by atoms with Crippen LogP contribution < -0.4 is 0 Å². The predicted molar refractivity (Wildman–Crippen MR) is 140 cm³/mol. The second-order valence-electron chi connectivity index (χ2n) is 12.8. The van der Waals surface area contributed by atoms with E-state index in [1.807, 2.05) is 4.90 Å². The summed E-state index contributed by atoms with van der Waals surface area (Å²) in [6, 6.07) is 0.207. The number of aliphatic hydroxyl groups is 3. The summed E-state index contributed by atoms with van der Waals surface area (Å²) in [4.78, 5) is 14.7. The average molecular weight is 486 g/mol. The molecular weight excluding hydrogens is 438 g/mol. The molecule has 5 nitrogen and oxygen atoms in total. The number of aliphatic hydroxyl groups excluding tert-OH is 2. The molecule has 4 rings (SSSR count). The third-order valence-electron chi connectivity index (χ3n) is 9.91. The summed E-state index contributed by atoms with van der Waals surface area (Å²) in [6.45, 7) is 14.7. The third kappa shape index (κ3) is 4.93. The first-order valence-corrected chi connectivity index (χ1v) is 13.8. The Bertz CT molecular complexity index is 902. The molecule has 0 radical (unpaired) electrons. The van der Waals surface area contributed by atoms with Gasteiger partial charge in [0, 0.05) is 24.9 Å². The van der Waals surface area contributed by atoms with Crippen LogP contribution in [-0.2, 0) is 4.79 Å². The molecule has 5 heteroatoms. The highest BCUT2D eigenvalue weighted by Gasteiger charge is 2.53. The highest BCUT2D eigenvalue weighted by Crippen LogP contribution is 2.60. The van der Waals surface area contributed by atoms with E-state index in [4.69, 9.17) is 0 Å². The lowest BCUT2D eigenvalue weighted by Gasteiger charge is -2.45. The molecule has 35 heavy (non-hydrogen) atoms. The van der Waals surface area contributed by atoms with E-state index < -0.39 is 17.8 Å². The zero-order valence-electron chi connectivity index (χ0n) is 22.5. The molecule has 1 amide bonds. The third-order valence-corrected chi connectivity index (χ3v) is 9.91. The number of rotatable bonds is 5. The van der Waals surface area contributed by atoms with Crippen LogP contribution in [0.3, 0.4) is 0 Å². The first-order valence-electron chi connectivity index (χ1n) is 13.8. The van der Waals surface area contributed by atoms with Crippen molar-refractivity contribution in [2.24, 2.45) is 23.2 Å². The molecule has 3 aliphatic carbocycles. The SMILES string of the molecule is C=C1/C(=C\C=C2\CCC[C@]3(C)[C@@H]([C@H](C)C[C@H]4C[C@](C)(O)C(=O)N4C(C)C)CC[C@@H]23)C[C@@H](O)C[C@@H]1O. The molecule has 0 bridgehead atoms. The molecule has 0 aromatic rings. The number of carbonyl (C=O) groups excluding carboxylic acids is 1. The maximum Gasteiger partial charge on any atom is 0.254 e. The summed E-state index contributed by atoms with van der Waals surface area (Å²) in [5.74, 6) is 1.53. The van der Waals surface area contributed by atoms with Crippen molar-refractivity contribution in [3.63, 3.8) is 0 Å². The van der Waals surface area contributed by atoms with Gasteiger partial charge < -0.3 is 20.2 Å². The van der Waals surface area contributed by atoms with Crippen molar-refractivity contribution in [1.82, 2.24) is 4.90 Å². The average Bonchev–Trinajstić information content (AvgIpc) is 3.22. The van der Waals surface area contributed by atoms with Gasteiger partial charge in [0.2, 0.25) is 0 Å². The number of nitrogens with zero attached hydrogens (tertiary/aromatic N) is 1. The summed E-state index contributed by atoms with van der Waals surface area (Å²) >= 11 is 0. The van der Waals surface area contributed by atoms with Gasteiger partial charge in [0.1, 0.15) is 5.60 Å². The molecule has 0 spiro atoms. The molecule has 4 fully saturated rings. The van der Waals surface area contributed by atoms with Crippen molar-refractivity contribution in [2.75, 3.05) is 0 Å². The van der Waals surface area contributed by atoms with Crippen molar-refractivity contribution < 1.29 is 20.1 Å². The minimum Gasteiger partial charge on any atom is -0.393 e. The Kier molecular flexibility index (Phi) is 7.45. The predicted octanol–water partition coefficient (Wildman–Crippen LogP) is 4.91. The van der Waals surface area contributed by atoms with Crippen LogP contribution >= 0.6 is 0 Å². The largest absolute Gasteiger partial charge is 0.393 e. The van der Waals surface area contributed by atoms with E-state index in [1.54, 1.807) is 6.92 Å². The molecule has 8 atom stereocenters. The van der Waals surface area contributed by atoms with Crippen LogP contribution in [0.5, 0.6) is 0 Å². The number of amides is 1. The van der Waals surface area contributed by atoms with Crippen LogP contribution in [0.4, 0.5) is 0 Å². The Morgan fingerprint density at radius 1 is 1.17 bits per heavy atom. The van der Waals surface area contributed by atoms with Crippen LogP contribution in [-0.4, -0.2) is 56.0 Å². The fourth-order valence-electron chi connectivity index (χ4n) is 8.21. The second-order valence-corrected chi connectivity index (χ2v) is 12.8. The first kappa shape index (κ1) is 26.6. The molecule has 0 unspecified atom stereocenters. The molecule has 0 aromatic heterocycles. The minimum absolute atomic E-state index is 0.101. The van der Waals surface area contributed by atoms with Gasteiger partial charge in [0.25, 0.3) is 5.91 Å². The number of hydrogen-bond acceptors (Lipinski definition) is 4. The van der Waals surface area contributed by atoms with Gasteiger partial charge in [-0.3, -0.25) is 4.79 Å². The lowest BCUT2D eigenvalue weighted by Crippen LogP contribution is -2.44. The molecule has 0 aromatic carbocycles. The molecule has 1 heterocycles. The Hall–Kier alpha value is -1.43. The maximum absolute atomic E-state index is 12.8. The van der Waals surface area contributed by atoms with Crippen molar-refractivity contribution in [2.45, 2.75) is 122 Å². The highest BCUT2D eigenvalue weighted by atomic mass is 16.3. The number of hydrogen-bond donors (Lipinski definition) is 3. The fourth-order valence-corrected chi connectivity index (χ4v) is 8.21. The minimum atomic E-state index is -1.24. The summed E-state index contributed by atoms with van der Waals surface area (Å²) in [7, 11) is 0. The van der Waals surface area contributed by atoms with E-state index in [1.165, 1.54) is 31.3 Å². The Morgan fingerprint density at radius 3 is 2.57 bits per heavy atom. The van der Waals surface area contributed by atoms with Crippen LogP contribution in [0.15, 0.2) is 35.5 Å². The molecule has 1 saturated heterocycles. The summed E-state index contributed by atoms with van der Waals surface area (Å²) in [5.41, 5.74) is 2.24. The lowest BCUT2D eigenvalue weighted by atomic mass is 9.60. The smallest absolute Gasteiger partial charge is 0.254 e. The van der Waals surface area contributed by atoms with Gasteiger partial charge in [-0.15, -0.1) is 0 Å². The number of likely N-dealkylation sites (tertiary alicyclic amines) is 1. The van der Waals surface area contributed by atoms with E-state index in [9.17, 15) is 20.1 Å². The molecule has 3 saturated carbocycles. The van der Waals surface area contributed by atoms with Crippen molar-refractivity contribution >= 4 is 5.91 Å². The number of allylic oxidation sites excluding steroid dienone is 3. The Balaban J connectivity index is 1.50. The molecule has 3 N–H and O–H groups in total. The van der Waals surface area contributed by atoms with Crippen LogP contribution in [0, 0.1) is 23.2 Å². The Morgan fingerprint density at radius 2 is 1.89 bits per heavy atom. The monoisotopic (exact) mass is 485 g/mol. The topological polar surface area (TPSA) is 81.0 Å². The summed E-state index contributed by atoms with van der Waals surface area (Å²) in [6.07, 6.45) is 11.6. The zero-order valence-corrected chi connectivity index (χ0v) is 22.5. The van der Waals surface area contributed by atoms with E-state index in [-0.39, 0.29) is 23.4 Å². The molecule has 1 aliphatic heterocycles. The van der Waals surface area contributed by atoms with Crippen molar-refractivity contribution in [1.29, 1.82) is 0 Å². The lowest BCUT2D eigenvalue weighted by molar-refractivity contribution is -0.143. The van der Waals surface area contributed by atoms with E-state index in [0.29, 0.717) is 37.0 Å². The quantitative estimate of drug-likeness (QED) is 0.517. The van der Waals surface area contributed by atoms with Gasteiger partial charge in [0.05, 0.1) is 12.2 Å². The first-order chi connectivity index (χ1) is 16.3. The number of fused-ring (bicyclic) bond motifs is 1. The highest BCUT2D eigenvalue weighted by molar-refractivity contribution is 5.87. The fraction of sp³-hybridized carbons (Fsp3) is 0.767. The second kappa shape index (κ2) is 9.79. The van der Waals surface area contributed by atoms with Gasteiger partial charge >= 0.3 is 0 Å². The van der Waals surface area contributed by atoms with Gasteiger partial charge in [-0.25, -0.2) is 0 Å². The Labute approximate surface area is 212 Å².